The molecule has 2 aromatic rings. The molecule has 1 fully saturated rings. The van der Waals surface area contributed by atoms with Gasteiger partial charge in [0.1, 0.15) is 5.82 Å². The first-order valence-electron chi connectivity index (χ1n) is 9.37. The van der Waals surface area contributed by atoms with Gasteiger partial charge in [0.15, 0.2) is 0 Å². The Morgan fingerprint density at radius 3 is 2.48 bits per heavy atom. The average Bonchev–Trinajstić information content (AvgIpc) is 2.68. The number of nitrogens with two attached hydrogens (primary N) is 1. The van der Waals surface area contributed by atoms with E-state index in [-0.39, 0.29) is 17.6 Å². The summed E-state index contributed by atoms with van der Waals surface area (Å²) >= 11 is 0. The van der Waals surface area contributed by atoms with Crippen molar-refractivity contribution >= 4 is 11.8 Å². The SMILES string of the molecule is CCC(=O)N1CCCC(Cc2ccc(-c3ccccc3F)cc2)(C(N)=O)C1. The van der Waals surface area contributed by atoms with Crippen molar-refractivity contribution in [2.75, 3.05) is 13.1 Å². The number of primary amides is 1. The summed E-state index contributed by atoms with van der Waals surface area (Å²) in [6, 6.07) is 14.2. The Balaban J connectivity index is 1.82. The van der Waals surface area contributed by atoms with Gasteiger partial charge in [0, 0.05) is 25.1 Å². The quantitative estimate of drug-likeness (QED) is 0.877. The molecule has 0 bridgehead atoms. The number of carbonyl (C=O) groups is 2. The Morgan fingerprint density at radius 1 is 1.15 bits per heavy atom. The van der Waals surface area contributed by atoms with Gasteiger partial charge >= 0.3 is 0 Å². The minimum atomic E-state index is -0.747. The lowest BCUT2D eigenvalue weighted by molar-refractivity contribution is -0.139. The molecule has 2 N–H and O–H groups in total. The fraction of sp³-hybridized carbons (Fsp3) is 0.364. The highest BCUT2D eigenvalue weighted by Gasteiger charge is 2.41. The number of piperidine rings is 1. The van der Waals surface area contributed by atoms with Gasteiger partial charge < -0.3 is 10.6 Å². The Hall–Kier alpha value is -2.69. The molecule has 0 radical (unpaired) electrons. The third-order valence-corrected chi connectivity index (χ3v) is 5.44. The van der Waals surface area contributed by atoms with Crippen LogP contribution in [-0.2, 0) is 16.0 Å². The van der Waals surface area contributed by atoms with Crippen LogP contribution in [-0.4, -0.2) is 29.8 Å². The van der Waals surface area contributed by atoms with Crippen LogP contribution in [0.25, 0.3) is 11.1 Å². The smallest absolute Gasteiger partial charge is 0.225 e. The number of carbonyl (C=O) groups excluding carboxylic acids is 2. The fourth-order valence-electron chi connectivity index (χ4n) is 3.89. The van der Waals surface area contributed by atoms with Gasteiger partial charge in [-0.25, -0.2) is 4.39 Å². The van der Waals surface area contributed by atoms with E-state index < -0.39 is 5.41 Å². The monoisotopic (exact) mass is 368 g/mol. The van der Waals surface area contributed by atoms with Crippen LogP contribution < -0.4 is 5.73 Å². The van der Waals surface area contributed by atoms with Gasteiger partial charge in [-0.3, -0.25) is 9.59 Å². The van der Waals surface area contributed by atoms with Crippen molar-refractivity contribution in [3.63, 3.8) is 0 Å². The maximum absolute atomic E-state index is 14.0. The Bertz CT molecular complexity index is 834. The molecule has 5 heteroatoms. The molecule has 3 rings (SSSR count). The zero-order valence-electron chi connectivity index (χ0n) is 15.6. The van der Waals surface area contributed by atoms with Crippen molar-refractivity contribution in [2.24, 2.45) is 11.1 Å². The lowest BCUT2D eigenvalue weighted by Crippen LogP contribution is -2.53. The van der Waals surface area contributed by atoms with Crippen LogP contribution in [0.1, 0.15) is 31.7 Å². The molecule has 0 aliphatic carbocycles. The highest BCUT2D eigenvalue weighted by molar-refractivity contribution is 5.83. The summed E-state index contributed by atoms with van der Waals surface area (Å²) in [6.07, 6.45) is 2.34. The summed E-state index contributed by atoms with van der Waals surface area (Å²) in [7, 11) is 0. The van der Waals surface area contributed by atoms with Crippen LogP contribution in [0, 0.1) is 11.2 Å². The van der Waals surface area contributed by atoms with Crippen molar-refractivity contribution in [2.45, 2.75) is 32.6 Å². The molecule has 1 aliphatic heterocycles. The van der Waals surface area contributed by atoms with Crippen LogP contribution in [0.2, 0.25) is 0 Å². The Kier molecular flexibility index (Phi) is 5.59. The molecule has 1 aliphatic rings. The summed E-state index contributed by atoms with van der Waals surface area (Å²) in [5.41, 5.74) is 7.31. The molecule has 1 atom stereocenters. The minimum Gasteiger partial charge on any atom is -0.369 e. The first kappa shape index (κ1) is 19.1. The van der Waals surface area contributed by atoms with E-state index in [9.17, 15) is 14.0 Å². The van der Waals surface area contributed by atoms with E-state index >= 15 is 0 Å². The predicted molar refractivity (Wildman–Crippen MR) is 103 cm³/mol. The van der Waals surface area contributed by atoms with Gasteiger partial charge in [-0.15, -0.1) is 0 Å². The summed E-state index contributed by atoms with van der Waals surface area (Å²) in [6.45, 7) is 2.86. The van der Waals surface area contributed by atoms with Crippen molar-refractivity contribution in [1.82, 2.24) is 4.90 Å². The zero-order chi connectivity index (χ0) is 19.4. The summed E-state index contributed by atoms with van der Waals surface area (Å²) in [4.78, 5) is 26.2. The standard InChI is InChI=1S/C22H25FN2O2/c1-2-20(26)25-13-5-12-22(15-25,21(24)27)14-16-8-10-17(11-9-16)18-6-3-4-7-19(18)23/h3-4,6-11H,2,5,12-15H2,1H3,(H2,24,27). The lowest BCUT2D eigenvalue weighted by atomic mass is 9.74. The third-order valence-electron chi connectivity index (χ3n) is 5.44. The van der Waals surface area contributed by atoms with E-state index in [1.807, 2.05) is 31.2 Å². The Labute approximate surface area is 159 Å². The van der Waals surface area contributed by atoms with Gasteiger partial charge in [-0.1, -0.05) is 49.4 Å². The maximum atomic E-state index is 14.0. The van der Waals surface area contributed by atoms with E-state index in [1.165, 1.54) is 6.07 Å². The molecule has 1 heterocycles. The predicted octanol–water partition coefficient (Wildman–Crippen LogP) is 3.54. The van der Waals surface area contributed by atoms with Crippen LogP contribution in [0.3, 0.4) is 0 Å². The summed E-state index contributed by atoms with van der Waals surface area (Å²) in [5.74, 6) is -0.579. The first-order valence-corrected chi connectivity index (χ1v) is 9.37. The molecule has 4 nitrogen and oxygen atoms in total. The van der Waals surface area contributed by atoms with Gasteiger partial charge in [0.25, 0.3) is 0 Å². The van der Waals surface area contributed by atoms with Crippen molar-refractivity contribution in [3.05, 3.63) is 59.9 Å². The Morgan fingerprint density at radius 2 is 1.85 bits per heavy atom. The fourth-order valence-corrected chi connectivity index (χ4v) is 3.89. The average molecular weight is 368 g/mol. The number of amides is 2. The molecule has 0 saturated carbocycles. The third kappa shape index (κ3) is 4.02. The summed E-state index contributed by atoms with van der Waals surface area (Å²) < 4.78 is 14.0. The van der Waals surface area contributed by atoms with Crippen molar-refractivity contribution in [1.29, 1.82) is 0 Å². The topological polar surface area (TPSA) is 63.4 Å². The van der Waals surface area contributed by atoms with E-state index in [2.05, 4.69) is 0 Å². The maximum Gasteiger partial charge on any atom is 0.225 e. The van der Waals surface area contributed by atoms with Crippen molar-refractivity contribution in [3.8, 4) is 11.1 Å². The number of benzene rings is 2. The zero-order valence-corrected chi connectivity index (χ0v) is 15.6. The second-order valence-electron chi connectivity index (χ2n) is 7.27. The molecule has 0 spiro atoms. The van der Waals surface area contributed by atoms with Crippen molar-refractivity contribution < 1.29 is 14.0 Å². The molecule has 142 valence electrons. The number of likely N-dealkylation sites (tertiary alicyclic amines) is 1. The molecule has 2 amide bonds. The molecular formula is C22H25FN2O2. The summed E-state index contributed by atoms with van der Waals surface area (Å²) in [5, 5.41) is 0. The molecular weight excluding hydrogens is 343 g/mol. The molecule has 1 unspecified atom stereocenters. The van der Waals surface area contributed by atoms with Crippen LogP contribution in [0.15, 0.2) is 48.5 Å². The van der Waals surface area contributed by atoms with E-state index in [4.69, 9.17) is 5.73 Å². The number of rotatable bonds is 5. The molecule has 2 aromatic carbocycles. The number of hydrogen-bond acceptors (Lipinski definition) is 2. The number of halogens is 1. The van der Waals surface area contributed by atoms with E-state index in [0.717, 1.165) is 17.5 Å². The van der Waals surface area contributed by atoms with Gasteiger partial charge in [0.05, 0.1) is 5.41 Å². The highest BCUT2D eigenvalue weighted by atomic mass is 19.1. The number of nitrogens with zero attached hydrogens (tertiary/aromatic N) is 1. The molecule has 0 aromatic heterocycles. The van der Waals surface area contributed by atoms with Crippen LogP contribution >= 0.6 is 0 Å². The largest absolute Gasteiger partial charge is 0.369 e. The second-order valence-corrected chi connectivity index (χ2v) is 7.27. The number of hydrogen-bond donors (Lipinski definition) is 1. The first-order chi connectivity index (χ1) is 12.9. The lowest BCUT2D eigenvalue weighted by Gasteiger charge is -2.41. The van der Waals surface area contributed by atoms with Gasteiger partial charge in [0.2, 0.25) is 11.8 Å². The second kappa shape index (κ2) is 7.91. The molecule has 27 heavy (non-hydrogen) atoms. The van der Waals surface area contributed by atoms with E-state index in [0.29, 0.717) is 37.9 Å². The highest BCUT2D eigenvalue weighted by Crippen LogP contribution is 2.34. The molecule has 1 saturated heterocycles. The van der Waals surface area contributed by atoms with Gasteiger partial charge in [-0.05, 0) is 36.5 Å². The normalized spacial score (nSPS) is 19.7. The minimum absolute atomic E-state index is 0.0511. The van der Waals surface area contributed by atoms with Crippen LogP contribution in [0.4, 0.5) is 4.39 Å². The van der Waals surface area contributed by atoms with E-state index in [1.54, 1.807) is 23.1 Å². The van der Waals surface area contributed by atoms with Crippen LogP contribution in [0.5, 0.6) is 0 Å². The van der Waals surface area contributed by atoms with Gasteiger partial charge in [-0.2, -0.15) is 0 Å².